The van der Waals surface area contributed by atoms with Crippen molar-refractivity contribution in [3.63, 3.8) is 0 Å². The Bertz CT molecular complexity index is 1460. The number of carbonyl (C=O) groups is 2. The molecule has 0 spiro atoms. The third-order valence-corrected chi connectivity index (χ3v) is 7.15. The van der Waals surface area contributed by atoms with E-state index in [-0.39, 0.29) is 24.8 Å². The van der Waals surface area contributed by atoms with Gasteiger partial charge in [0.05, 0.1) is 12.7 Å². The molecular formula is C33H40N4O4. The number of aromatic nitrogens is 1. The average molecular weight is 557 g/mol. The Hall–Kier alpha value is -3.98. The Balaban J connectivity index is 1.45. The summed E-state index contributed by atoms with van der Waals surface area (Å²) in [5.41, 5.74) is 5.09. The fourth-order valence-electron chi connectivity index (χ4n) is 4.92. The summed E-state index contributed by atoms with van der Waals surface area (Å²) in [5, 5.41) is 29.4. The zero-order valence-electron chi connectivity index (χ0n) is 23.9. The molecule has 0 fully saturated rings. The van der Waals surface area contributed by atoms with E-state index in [2.05, 4.69) is 20.9 Å². The molecule has 6 N–H and O–H groups in total. The topological polar surface area (TPSA) is 126 Å². The van der Waals surface area contributed by atoms with Gasteiger partial charge in [-0.15, -0.1) is 0 Å². The third-order valence-electron chi connectivity index (χ3n) is 7.15. The van der Waals surface area contributed by atoms with E-state index in [4.69, 9.17) is 0 Å². The number of fused-ring (bicyclic) bond motifs is 1. The van der Waals surface area contributed by atoms with Gasteiger partial charge in [0.2, 0.25) is 11.8 Å². The number of aliphatic hydroxyl groups is 2. The van der Waals surface area contributed by atoms with Crippen LogP contribution in [0.3, 0.4) is 0 Å². The van der Waals surface area contributed by atoms with E-state index in [1.54, 1.807) is 6.92 Å². The fourth-order valence-corrected chi connectivity index (χ4v) is 4.92. The minimum atomic E-state index is -0.773. The Morgan fingerprint density at radius 3 is 2.39 bits per heavy atom. The maximum absolute atomic E-state index is 13.5. The van der Waals surface area contributed by atoms with E-state index in [1.165, 1.54) is 0 Å². The monoisotopic (exact) mass is 556 g/mol. The van der Waals surface area contributed by atoms with Gasteiger partial charge in [-0.2, -0.15) is 0 Å². The van der Waals surface area contributed by atoms with Crippen molar-refractivity contribution in [3.8, 4) is 11.1 Å². The number of H-pyrrole nitrogens is 1. The number of benzene rings is 3. The number of hydrogen-bond donors (Lipinski definition) is 6. The first-order valence-corrected chi connectivity index (χ1v) is 14.0. The first-order valence-electron chi connectivity index (χ1n) is 14.0. The van der Waals surface area contributed by atoms with E-state index in [1.807, 2.05) is 92.8 Å². The highest BCUT2D eigenvalue weighted by atomic mass is 16.3. The maximum Gasteiger partial charge on any atom is 0.243 e. The average Bonchev–Trinajstić information content (AvgIpc) is 3.37. The molecule has 1 aromatic heterocycles. The van der Waals surface area contributed by atoms with Crippen LogP contribution < -0.4 is 16.0 Å². The second-order valence-electron chi connectivity index (χ2n) is 11.2. The molecule has 41 heavy (non-hydrogen) atoms. The van der Waals surface area contributed by atoms with E-state index in [9.17, 15) is 19.8 Å². The van der Waals surface area contributed by atoms with Crippen LogP contribution in [0.25, 0.3) is 22.0 Å². The normalized spacial score (nSPS) is 13.1. The molecule has 3 aromatic carbocycles. The van der Waals surface area contributed by atoms with Crippen LogP contribution >= 0.6 is 0 Å². The molecule has 0 radical (unpaired) electrons. The molecule has 0 bridgehead atoms. The van der Waals surface area contributed by atoms with Crippen LogP contribution in [0.2, 0.25) is 0 Å². The van der Waals surface area contributed by atoms with Crippen molar-refractivity contribution in [2.45, 2.75) is 64.4 Å². The van der Waals surface area contributed by atoms with Gasteiger partial charge in [-0.3, -0.25) is 9.59 Å². The summed E-state index contributed by atoms with van der Waals surface area (Å²) in [6.07, 6.45) is 1.83. The lowest BCUT2D eigenvalue weighted by molar-refractivity contribution is -0.129. The van der Waals surface area contributed by atoms with E-state index in [0.717, 1.165) is 38.7 Å². The molecule has 8 heteroatoms. The number of nitrogens with one attached hydrogen (secondary N) is 4. The number of rotatable bonds is 13. The summed E-state index contributed by atoms with van der Waals surface area (Å²) in [6.45, 7) is 6.11. The molecule has 8 nitrogen and oxygen atoms in total. The summed E-state index contributed by atoms with van der Waals surface area (Å²) in [5.74, 6) is -0.520. The summed E-state index contributed by atoms with van der Waals surface area (Å²) < 4.78 is 0. The van der Waals surface area contributed by atoms with Crippen molar-refractivity contribution in [2.75, 3.05) is 6.54 Å². The number of para-hydroxylation sites is 1. The molecule has 2 atom stereocenters. The fraction of sp³-hybridized carbons (Fsp3) is 0.333. The molecule has 2 unspecified atom stereocenters. The van der Waals surface area contributed by atoms with Crippen LogP contribution in [0.15, 0.2) is 79.0 Å². The van der Waals surface area contributed by atoms with Gasteiger partial charge in [0.1, 0.15) is 6.04 Å². The minimum Gasteiger partial charge on any atom is -0.392 e. The summed E-state index contributed by atoms with van der Waals surface area (Å²) in [4.78, 5) is 29.8. The molecule has 2 amide bonds. The van der Waals surface area contributed by atoms with Crippen LogP contribution in [0, 0.1) is 0 Å². The van der Waals surface area contributed by atoms with Crippen molar-refractivity contribution >= 4 is 22.7 Å². The molecule has 0 aliphatic carbocycles. The van der Waals surface area contributed by atoms with Gasteiger partial charge in [-0.25, -0.2) is 0 Å². The highest BCUT2D eigenvalue weighted by Crippen LogP contribution is 2.24. The van der Waals surface area contributed by atoms with Crippen LogP contribution in [-0.2, 0) is 29.2 Å². The zero-order chi connectivity index (χ0) is 29.4. The molecule has 0 saturated heterocycles. The lowest BCUT2D eigenvalue weighted by Gasteiger charge is -2.28. The predicted molar refractivity (Wildman–Crippen MR) is 162 cm³/mol. The van der Waals surface area contributed by atoms with Gasteiger partial charge in [0.25, 0.3) is 0 Å². The molecule has 4 rings (SSSR count). The maximum atomic E-state index is 13.5. The molecule has 216 valence electrons. The lowest BCUT2D eigenvalue weighted by atomic mass is 9.98. The number of carbonyl (C=O) groups excluding carboxylic acids is 2. The standard InChI is InChI=1S/C33H40N4O4/c1-22(39)18-36-33(2,3)17-31(40)37-30(16-26-20-34-29-11-7-6-10-28(26)29)32(41)35-19-23-12-14-24(15-13-23)27-9-5-4-8-25(27)21-38/h4-15,20,22,30,34,36,38-39H,16-19,21H2,1-3H3,(H,35,41)(H,37,40). The summed E-state index contributed by atoms with van der Waals surface area (Å²) >= 11 is 0. The van der Waals surface area contributed by atoms with Crippen molar-refractivity contribution in [1.29, 1.82) is 0 Å². The second kappa shape index (κ2) is 13.6. The van der Waals surface area contributed by atoms with Gasteiger partial charge in [-0.05, 0) is 54.7 Å². The number of aliphatic hydroxyl groups excluding tert-OH is 2. The summed E-state index contributed by atoms with van der Waals surface area (Å²) in [7, 11) is 0. The zero-order valence-corrected chi connectivity index (χ0v) is 23.9. The largest absolute Gasteiger partial charge is 0.392 e. The van der Waals surface area contributed by atoms with Crippen molar-refractivity contribution in [3.05, 3.63) is 95.7 Å². The highest BCUT2D eigenvalue weighted by Gasteiger charge is 2.27. The van der Waals surface area contributed by atoms with Crippen LogP contribution in [0.4, 0.5) is 0 Å². The van der Waals surface area contributed by atoms with Gasteiger partial charge in [-0.1, -0.05) is 66.7 Å². The van der Waals surface area contributed by atoms with Crippen LogP contribution in [0.1, 0.15) is 43.9 Å². The molecule has 0 aliphatic heterocycles. The molecule has 1 heterocycles. The third kappa shape index (κ3) is 8.27. The van der Waals surface area contributed by atoms with Crippen molar-refractivity contribution < 1.29 is 19.8 Å². The van der Waals surface area contributed by atoms with Gasteiger partial charge < -0.3 is 31.1 Å². The van der Waals surface area contributed by atoms with Crippen molar-refractivity contribution in [1.82, 2.24) is 20.9 Å². The van der Waals surface area contributed by atoms with Gasteiger partial charge in [0.15, 0.2) is 0 Å². The van der Waals surface area contributed by atoms with Gasteiger partial charge >= 0.3 is 0 Å². The first-order chi connectivity index (χ1) is 19.6. The number of β-amino-alcohol motifs (C(OH)–C–C–N with tert-alkyl or cyclic N) is 1. The SMILES string of the molecule is CC(O)CNC(C)(C)CC(=O)NC(Cc1c[nH]c2ccccc12)C(=O)NCc1ccc(-c2ccccc2CO)cc1. The summed E-state index contributed by atoms with van der Waals surface area (Å²) in [6, 6.07) is 22.7. The van der Waals surface area contributed by atoms with Crippen molar-refractivity contribution in [2.24, 2.45) is 0 Å². The van der Waals surface area contributed by atoms with E-state index in [0.29, 0.717) is 19.5 Å². The Kier molecular flexibility index (Phi) is 9.94. The Labute approximate surface area is 241 Å². The smallest absolute Gasteiger partial charge is 0.243 e. The van der Waals surface area contributed by atoms with Crippen LogP contribution in [-0.4, -0.2) is 51.2 Å². The predicted octanol–water partition coefficient (Wildman–Crippen LogP) is 3.81. The molecule has 4 aromatic rings. The lowest BCUT2D eigenvalue weighted by Crippen LogP contribution is -2.51. The first kappa shape index (κ1) is 30.0. The van der Waals surface area contributed by atoms with Gasteiger partial charge in [0, 0.05) is 48.6 Å². The van der Waals surface area contributed by atoms with Crippen LogP contribution in [0.5, 0.6) is 0 Å². The quantitative estimate of drug-likeness (QED) is 0.149. The van der Waals surface area contributed by atoms with E-state index < -0.39 is 17.7 Å². The number of amides is 2. The van der Waals surface area contributed by atoms with E-state index >= 15 is 0 Å². The molecule has 0 aliphatic rings. The Morgan fingerprint density at radius 1 is 0.951 bits per heavy atom. The highest BCUT2D eigenvalue weighted by molar-refractivity contribution is 5.90. The Morgan fingerprint density at radius 2 is 1.66 bits per heavy atom. The number of aromatic amines is 1. The number of hydrogen-bond acceptors (Lipinski definition) is 5. The molecular weight excluding hydrogens is 516 g/mol. The second-order valence-corrected chi connectivity index (χ2v) is 11.2. The minimum absolute atomic E-state index is 0.0364. The molecule has 0 saturated carbocycles.